The molecule has 0 bridgehead atoms. The molecule has 1 aliphatic heterocycles. The van der Waals surface area contributed by atoms with Gasteiger partial charge in [0.2, 0.25) is 11.8 Å². The molecule has 0 aliphatic carbocycles. The van der Waals surface area contributed by atoms with E-state index < -0.39 is 29.8 Å². The summed E-state index contributed by atoms with van der Waals surface area (Å²) in [6.45, 7) is 1.94. The number of hydrogen-bond donors (Lipinski definition) is 2. The highest BCUT2D eigenvalue weighted by Crippen LogP contribution is 2.22. The number of nitrogens with two attached hydrogens (primary N) is 1. The van der Waals surface area contributed by atoms with E-state index in [2.05, 4.69) is 5.32 Å². The zero-order valence-electron chi connectivity index (χ0n) is 15.8. The van der Waals surface area contributed by atoms with Gasteiger partial charge in [0.05, 0.1) is 18.7 Å². The molecule has 3 N–H and O–H groups in total. The Labute approximate surface area is 166 Å². The average molecular weight is 399 g/mol. The predicted molar refractivity (Wildman–Crippen MR) is 101 cm³/mol. The summed E-state index contributed by atoms with van der Waals surface area (Å²) in [5.41, 5.74) is 5.91. The van der Waals surface area contributed by atoms with E-state index in [9.17, 15) is 19.2 Å². The molecule has 3 rings (SSSR count). The number of likely N-dealkylation sites (tertiary alicyclic amines) is 1. The van der Waals surface area contributed by atoms with Crippen molar-refractivity contribution in [2.75, 3.05) is 11.9 Å². The molecule has 2 heterocycles. The maximum Gasteiger partial charge on any atom is 0.312 e. The van der Waals surface area contributed by atoms with E-state index in [-0.39, 0.29) is 25.4 Å². The number of amides is 3. The summed E-state index contributed by atoms with van der Waals surface area (Å²) in [7, 11) is 0. The molecule has 9 nitrogen and oxygen atoms in total. The Kier molecular flexibility index (Phi) is 5.96. The standard InChI is InChI=1S/C20H21N3O6/c1-12(19(26)22-15-6-4-13(5-7-15)18(21)25)29-20(27)14-9-17(24)23(10-14)11-16-3-2-8-28-16/h2-8,12,14H,9-11H2,1H3,(H2,21,25)(H,22,26)/t12-,14-/m0/s1. The number of hydrogen-bond acceptors (Lipinski definition) is 6. The van der Waals surface area contributed by atoms with Gasteiger partial charge >= 0.3 is 5.97 Å². The number of nitrogens with zero attached hydrogens (tertiary/aromatic N) is 1. The molecular formula is C20H21N3O6. The number of rotatable bonds is 7. The lowest BCUT2D eigenvalue weighted by Gasteiger charge is -2.17. The molecule has 152 valence electrons. The maximum absolute atomic E-state index is 12.4. The van der Waals surface area contributed by atoms with Crippen LogP contribution in [0.1, 0.15) is 29.5 Å². The van der Waals surface area contributed by atoms with Crippen molar-refractivity contribution in [3.05, 3.63) is 54.0 Å². The van der Waals surface area contributed by atoms with Crippen molar-refractivity contribution in [3.8, 4) is 0 Å². The molecule has 0 radical (unpaired) electrons. The molecule has 29 heavy (non-hydrogen) atoms. The zero-order valence-corrected chi connectivity index (χ0v) is 15.8. The first-order valence-electron chi connectivity index (χ1n) is 9.05. The lowest BCUT2D eigenvalue weighted by Crippen LogP contribution is -2.33. The van der Waals surface area contributed by atoms with E-state index in [0.29, 0.717) is 17.0 Å². The van der Waals surface area contributed by atoms with Crippen LogP contribution in [-0.2, 0) is 25.7 Å². The Bertz CT molecular complexity index is 907. The number of benzene rings is 1. The third-order valence-corrected chi connectivity index (χ3v) is 4.57. The van der Waals surface area contributed by atoms with Crippen molar-refractivity contribution in [3.63, 3.8) is 0 Å². The first kappa shape index (κ1) is 20.1. The molecule has 0 spiro atoms. The first-order chi connectivity index (χ1) is 13.8. The Morgan fingerprint density at radius 1 is 1.28 bits per heavy atom. The van der Waals surface area contributed by atoms with Gasteiger partial charge in [-0.2, -0.15) is 0 Å². The minimum Gasteiger partial charge on any atom is -0.467 e. The van der Waals surface area contributed by atoms with Crippen LogP contribution in [0.2, 0.25) is 0 Å². The minimum absolute atomic E-state index is 0.0302. The molecule has 1 fully saturated rings. The smallest absolute Gasteiger partial charge is 0.312 e. The van der Waals surface area contributed by atoms with Gasteiger partial charge in [-0.05, 0) is 43.3 Å². The molecule has 1 aromatic heterocycles. The molecule has 9 heteroatoms. The molecule has 0 saturated carbocycles. The van der Waals surface area contributed by atoms with Gasteiger partial charge in [-0.1, -0.05) is 0 Å². The van der Waals surface area contributed by atoms with Gasteiger partial charge in [-0.15, -0.1) is 0 Å². The zero-order chi connectivity index (χ0) is 21.0. The van der Waals surface area contributed by atoms with Crippen molar-refractivity contribution in [1.29, 1.82) is 0 Å². The number of nitrogens with one attached hydrogen (secondary N) is 1. The van der Waals surface area contributed by atoms with Crippen molar-refractivity contribution in [2.24, 2.45) is 11.7 Å². The Hall–Kier alpha value is -3.62. The van der Waals surface area contributed by atoms with Crippen LogP contribution >= 0.6 is 0 Å². The molecule has 0 unspecified atom stereocenters. The number of furan rings is 1. The quantitative estimate of drug-likeness (QED) is 0.675. The monoisotopic (exact) mass is 399 g/mol. The second-order valence-corrected chi connectivity index (χ2v) is 6.76. The van der Waals surface area contributed by atoms with Gasteiger partial charge in [0.15, 0.2) is 6.10 Å². The molecule has 1 aromatic carbocycles. The topological polar surface area (TPSA) is 132 Å². The van der Waals surface area contributed by atoms with Crippen molar-refractivity contribution in [1.82, 2.24) is 4.90 Å². The summed E-state index contributed by atoms with van der Waals surface area (Å²) in [6, 6.07) is 9.48. The molecule has 3 amide bonds. The molecule has 1 saturated heterocycles. The first-order valence-corrected chi connectivity index (χ1v) is 9.05. The van der Waals surface area contributed by atoms with E-state index in [1.54, 1.807) is 12.1 Å². The van der Waals surface area contributed by atoms with Gasteiger partial charge in [-0.25, -0.2) is 0 Å². The lowest BCUT2D eigenvalue weighted by molar-refractivity contribution is -0.157. The average Bonchev–Trinajstić information content (AvgIpc) is 3.32. The molecule has 2 aromatic rings. The Morgan fingerprint density at radius 2 is 2.00 bits per heavy atom. The fourth-order valence-electron chi connectivity index (χ4n) is 2.96. The van der Waals surface area contributed by atoms with Crippen LogP contribution in [0, 0.1) is 5.92 Å². The van der Waals surface area contributed by atoms with Crippen LogP contribution in [0.5, 0.6) is 0 Å². The fourth-order valence-corrected chi connectivity index (χ4v) is 2.96. The van der Waals surface area contributed by atoms with Crippen LogP contribution < -0.4 is 11.1 Å². The minimum atomic E-state index is -1.05. The Morgan fingerprint density at radius 3 is 2.62 bits per heavy atom. The summed E-state index contributed by atoms with van der Waals surface area (Å²) >= 11 is 0. The second kappa shape index (κ2) is 8.59. The third-order valence-electron chi connectivity index (χ3n) is 4.57. The number of anilines is 1. The Balaban J connectivity index is 1.51. The summed E-state index contributed by atoms with van der Waals surface area (Å²) in [6.07, 6.45) is 0.499. The van der Waals surface area contributed by atoms with Gasteiger partial charge in [0, 0.05) is 24.2 Å². The normalized spacial score (nSPS) is 17.1. The van der Waals surface area contributed by atoms with Crippen molar-refractivity contribution < 1.29 is 28.3 Å². The third kappa shape index (κ3) is 5.01. The van der Waals surface area contributed by atoms with E-state index in [4.69, 9.17) is 14.9 Å². The van der Waals surface area contributed by atoms with Gasteiger partial charge < -0.3 is 25.1 Å². The number of ether oxygens (including phenoxy) is 1. The van der Waals surface area contributed by atoms with Gasteiger partial charge in [0.25, 0.3) is 5.91 Å². The van der Waals surface area contributed by atoms with E-state index in [1.165, 1.54) is 42.4 Å². The summed E-state index contributed by atoms with van der Waals surface area (Å²) in [4.78, 5) is 49.3. The number of primary amides is 1. The number of carbonyl (C=O) groups is 4. The van der Waals surface area contributed by atoms with Crippen LogP contribution in [-0.4, -0.2) is 41.2 Å². The predicted octanol–water partition coefficient (Wildman–Crippen LogP) is 1.30. The van der Waals surface area contributed by atoms with Gasteiger partial charge in [0.1, 0.15) is 5.76 Å². The van der Waals surface area contributed by atoms with Crippen LogP contribution in [0.15, 0.2) is 47.1 Å². The van der Waals surface area contributed by atoms with Gasteiger partial charge in [-0.3, -0.25) is 19.2 Å². The second-order valence-electron chi connectivity index (χ2n) is 6.76. The highest BCUT2D eigenvalue weighted by molar-refractivity contribution is 5.97. The SMILES string of the molecule is C[C@H](OC(=O)[C@H]1CC(=O)N(Cc2ccco2)C1)C(=O)Nc1ccc(C(N)=O)cc1. The van der Waals surface area contributed by atoms with Crippen LogP contribution in [0.3, 0.4) is 0 Å². The van der Waals surface area contributed by atoms with Crippen LogP contribution in [0.25, 0.3) is 0 Å². The summed E-state index contributed by atoms with van der Waals surface area (Å²) in [5.74, 6) is -1.88. The highest BCUT2D eigenvalue weighted by atomic mass is 16.5. The summed E-state index contributed by atoms with van der Waals surface area (Å²) in [5, 5.41) is 2.59. The molecule has 2 atom stereocenters. The number of esters is 1. The van der Waals surface area contributed by atoms with Crippen molar-refractivity contribution in [2.45, 2.75) is 26.0 Å². The molecule has 1 aliphatic rings. The van der Waals surface area contributed by atoms with Crippen LogP contribution in [0.4, 0.5) is 5.69 Å². The number of carbonyl (C=O) groups excluding carboxylic acids is 4. The summed E-state index contributed by atoms with van der Waals surface area (Å²) < 4.78 is 10.5. The van der Waals surface area contributed by atoms with E-state index >= 15 is 0 Å². The van der Waals surface area contributed by atoms with Crippen molar-refractivity contribution >= 4 is 29.4 Å². The fraction of sp³-hybridized carbons (Fsp3) is 0.300. The van der Waals surface area contributed by atoms with E-state index in [0.717, 1.165) is 0 Å². The lowest BCUT2D eigenvalue weighted by atomic mass is 10.1. The molecular weight excluding hydrogens is 378 g/mol. The largest absolute Gasteiger partial charge is 0.467 e. The highest BCUT2D eigenvalue weighted by Gasteiger charge is 2.36. The maximum atomic E-state index is 12.4. The van der Waals surface area contributed by atoms with E-state index in [1.807, 2.05) is 0 Å².